The molecule has 11 heteroatoms. The fourth-order valence-corrected chi connectivity index (χ4v) is 6.05. The van der Waals surface area contributed by atoms with E-state index in [0.717, 1.165) is 17.0 Å². The van der Waals surface area contributed by atoms with E-state index < -0.39 is 56.4 Å². The van der Waals surface area contributed by atoms with Crippen LogP contribution in [0.4, 0.5) is 20.2 Å². The molecule has 164 valence electrons. The molecule has 1 atom stereocenters. The first-order valence-electron chi connectivity index (χ1n) is 9.27. The molecule has 1 saturated heterocycles. The molecule has 8 nitrogen and oxygen atoms in total. The van der Waals surface area contributed by atoms with Crippen LogP contribution < -0.4 is 15.1 Å². The minimum absolute atomic E-state index is 0.0645. The Labute approximate surface area is 181 Å². The number of fused-ring (bicyclic) bond motifs is 2. The molecule has 0 aromatic heterocycles. The number of hydrogen-bond donors (Lipinski definition) is 1. The van der Waals surface area contributed by atoms with Crippen molar-refractivity contribution >= 4 is 38.9 Å². The lowest BCUT2D eigenvalue weighted by Crippen LogP contribution is -2.55. The zero-order chi connectivity index (χ0) is 23.3. The molecule has 1 fully saturated rings. The Kier molecular flexibility index (Phi) is 4.97. The highest BCUT2D eigenvalue weighted by molar-refractivity contribution is 7.94. The normalized spacial score (nSPS) is 21.0. The van der Waals surface area contributed by atoms with E-state index in [1.165, 1.54) is 24.3 Å². The summed E-state index contributed by atoms with van der Waals surface area (Å²) in [5.41, 5.74) is -0.277. The first kappa shape index (κ1) is 21.5. The average molecular weight is 459 g/mol. The summed E-state index contributed by atoms with van der Waals surface area (Å²) in [6.45, 7) is -0.667. The zero-order valence-electron chi connectivity index (χ0n) is 16.3. The fourth-order valence-electron chi connectivity index (χ4n) is 4.02. The fraction of sp³-hybridized carbons (Fsp3) is 0.190. The van der Waals surface area contributed by atoms with Crippen molar-refractivity contribution in [2.45, 2.75) is 4.87 Å². The SMILES string of the molecule is C#CCNC(=O)CN1C(=O)C2(c3ccccc31)N(c1ccc(F)c(F)c1)C(=O)CS2(=O)=O. The molecule has 2 heterocycles. The maximum Gasteiger partial charge on any atom is 0.274 e. The summed E-state index contributed by atoms with van der Waals surface area (Å²) in [5, 5.41) is 2.39. The topological polar surface area (TPSA) is 104 Å². The molecule has 4 rings (SSSR count). The van der Waals surface area contributed by atoms with Gasteiger partial charge in [0.15, 0.2) is 21.5 Å². The molecular formula is C21H15F2N3O5S. The van der Waals surface area contributed by atoms with Crippen LogP contribution in [0.25, 0.3) is 0 Å². The summed E-state index contributed by atoms with van der Waals surface area (Å²) < 4.78 is 54.1. The van der Waals surface area contributed by atoms with Gasteiger partial charge in [0.1, 0.15) is 12.3 Å². The molecule has 0 aliphatic carbocycles. The molecule has 2 aliphatic rings. The monoisotopic (exact) mass is 459 g/mol. The molecule has 2 aliphatic heterocycles. The average Bonchev–Trinajstić information content (AvgIpc) is 3.11. The summed E-state index contributed by atoms with van der Waals surface area (Å²) >= 11 is 0. The van der Waals surface area contributed by atoms with E-state index in [2.05, 4.69) is 11.2 Å². The second kappa shape index (κ2) is 7.42. The molecule has 0 bridgehead atoms. The number of amides is 3. The number of rotatable bonds is 4. The van der Waals surface area contributed by atoms with E-state index >= 15 is 0 Å². The Balaban J connectivity index is 1.93. The molecule has 2 aromatic rings. The molecular weight excluding hydrogens is 444 g/mol. The number of carbonyl (C=O) groups excluding carboxylic acids is 3. The maximum atomic E-state index is 14.0. The third-order valence-corrected chi connectivity index (χ3v) is 7.38. The maximum absolute atomic E-state index is 14.0. The van der Waals surface area contributed by atoms with Gasteiger partial charge in [-0.1, -0.05) is 24.1 Å². The highest BCUT2D eigenvalue weighted by Crippen LogP contribution is 2.52. The number of benzene rings is 2. The van der Waals surface area contributed by atoms with Gasteiger partial charge in [-0.2, -0.15) is 0 Å². The highest BCUT2D eigenvalue weighted by atomic mass is 32.2. The number of carbonyl (C=O) groups is 3. The van der Waals surface area contributed by atoms with E-state index in [4.69, 9.17) is 6.42 Å². The molecule has 3 amide bonds. The first-order valence-corrected chi connectivity index (χ1v) is 10.9. The third-order valence-electron chi connectivity index (χ3n) is 5.27. The van der Waals surface area contributed by atoms with Gasteiger partial charge in [0, 0.05) is 17.3 Å². The van der Waals surface area contributed by atoms with Gasteiger partial charge in [0.25, 0.3) is 10.8 Å². The van der Waals surface area contributed by atoms with Crippen molar-refractivity contribution in [3.05, 3.63) is 59.7 Å². The quantitative estimate of drug-likeness (QED) is 0.678. The molecule has 1 unspecified atom stereocenters. The van der Waals surface area contributed by atoms with Crippen LogP contribution in [0.2, 0.25) is 0 Å². The van der Waals surface area contributed by atoms with Gasteiger partial charge in [0.05, 0.1) is 12.2 Å². The summed E-state index contributed by atoms with van der Waals surface area (Å²) in [4.78, 5) is 37.8. The number of para-hydroxylation sites is 1. The third kappa shape index (κ3) is 2.87. The van der Waals surface area contributed by atoms with Crippen LogP contribution in [0.5, 0.6) is 0 Å². The number of hydrogen-bond acceptors (Lipinski definition) is 5. The predicted octanol–water partition coefficient (Wildman–Crippen LogP) is 0.675. The largest absolute Gasteiger partial charge is 0.344 e. The Morgan fingerprint density at radius 1 is 1.16 bits per heavy atom. The van der Waals surface area contributed by atoms with Gasteiger partial charge in [-0.25, -0.2) is 17.2 Å². The van der Waals surface area contributed by atoms with Gasteiger partial charge < -0.3 is 5.32 Å². The van der Waals surface area contributed by atoms with Crippen molar-refractivity contribution < 1.29 is 31.6 Å². The molecule has 1 N–H and O–H groups in total. The minimum Gasteiger partial charge on any atom is -0.344 e. The molecule has 1 spiro atoms. The van der Waals surface area contributed by atoms with Crippen molar-refractivity contribution in [3.8, 4) is 12.3 Å². The summed E-state index contributed by atoms with van der Waals surface area (Å²) in [6.07, 6.45) is 5.11. The van der Waals surface area contributed by atoms with Gasteiger partial charge in [-0.05, 0) is 18.2 Å². The number of nitrogens with one attached hydrogen (secondary N) is 1. The second-order valence-electron chi connectivity index (χ2n) is 7.12. The van der Waals surface area contributed by atoms with Gasteiger partial charge in [-0.3, -0.25) is 24.2 Å². The van der Waals surface area contributed by atoms with Crippen molar-refractivity contribution in [2.24, 2.45) is 0 Å². The van der Waals surface area contributed by atoms with Crippen LogP contribution in [0.3, 0.4) is 0 Å². The zero-order valence-corrected chi connectivity index (χ0v) is 17.2. The van der Waals surface area contributed by atoms with Crippen molar-refractivity contribution in [1.29, 1.82) is 0 Å². The van der Waals surface area contributed by atoms with Crippen molar-refractivity contribution in [2.75, 3.05) is 28.6 Å². The van der Waals surface area contributed by atoms with E-state index in [1.807, 2.05) is 0 Å². The van der Waals surface area contributed by atoms with E-state index in [-0.39, 0.29) is 23.5 Å². The van der Waals surface area contributed by atoms with Crippen LogP contribution in [-0.2, 0) is 29.1 Å². The Bertz CT molecular complexity index is 1320. The summed E-state index contributed by atoms with van der Waals surface area (Å²) in [6, 6.07) is 8.16. The number of halogens is 2. The van der Waals surface area contributed by atoms with Crippen molar-refractivity contribution in [1.82, 2.24) is 5.32 Å². The van der Waals surface area contributed by atoms with Crippen LogP contribution in [0.1, 0.15) is 5.56 Å². The second-order valence-corrected chi connectivity index (χ2v) is 9.23. The first-order chi connectivity index (χ1) is 15.1. The Morgan fingerprint density at radius 3 is 2.56 bits per heavy atom. The van der Waals surface area contributed by atoms with Gasteiger partial charge in [0.2, 0.25) is 11.8 Å². The molecule has 0 saturated carbocycles. The smallest absolute Gasteiger partial charge is 0.274 e. The lowest BCUT2D eigenvalue weighted by molar-refractivity contribution is -0.125. The number of anilines is 2. The lowest BCUT2D eigenvalue weighted by atomic mass is 10.0. The van der Waals surface area contributed by atoms with Crippen LogP contribution in [0.15, 0.2) is 42.5 Å². The Morgan fingerprint density at radius 2 is 1.88 bits per heavy atom. The predicted molar refractivity (Wildman–Crippen MR) is 110 cm³/mol. The molecule has 0 radical (unpaired) electrons. The Hall–Kier alpha value is -3.78. The van der Waals surface area contributed by atoms with Crippen LogP contribution in [0, 0.1) is 24.0 Å². The van der Waals surface area contributed by atoms with E-state index in [0.29, 0.717) is 11.0 Å². The lowest BCUT2D eigenvalue weighted by Gasteiger charge is -2.32. The molecule has 32 heavy (non-hydrogen) atoms. The minimum atomic E-state index is -4.50. The highest BCUT2D eigenvalue weighted by Gasteiger charge is 2.69. The van der Waals surface area contributed by atoms with Crippen LogP contribution in [-0.4, -0.2) is 45.0 Å². The van der Waals surface area contributed by atoms with E-state index in [9.17, 15) is 31.6 Å². The standard InChI is InChI=1S/C21H15F2N3O5S/c1-2-9-24-18(27)11-25-17-6-4-3-5-14(17)21(20(25)29)26(19(28)12-32(21,30)31)13-7-8-15(22)16(23)10-13/h1,3-8,10H,9,11-12H2,(H,24,27). The van der Waals surface area contributed by atoms with Crippen LogP contribution >= 0.6 is 0 Å². The summed E-state index contributed by atoms with van der Waals surface area (Å²) in [7, 11) is -4.50. The van der Waals surface area contributed by atoms with Crippen molar-refractivity contribution in [3.63, 3.8) is 0 Å². The number of terminal acetylenes is 1. The molecule has 2 aromatic carbocycles. The summed E-state index contributed by atoms with van der Waals surface area (Å²) in [5.74, 6) is -4.06. The van der Waals surface area contributed by atoms with Gasteiger partial charge in [-0.15, -0.1) is 6.42 Å². The van der Waals surface area contributed by atoms with E-state index in [1.54, 1.807) is 0 Å². The number of sulfone groups is 1. The number of nitrogens with zero attached hydrogens (tertiary/aromatic N) is 2. The van der Waals surface area contributed by atoms with Gasteiger partial charge >= 0.3 is 0 Å².